The molecule has 0 bridgehead atoms. The van der Waals surface area contributed by atoms with Gasteiger partial charge < -0.3 is 9.30 Å². The molecule has 0 amide bonds. The largest absolute Gasteiger partial charge is 0.465 e. The van der Waals surface area contributed by atoms with Gasteiger partial charge in [0.2, 0.25) is 10.0 Å². The smallest absolute Gasteiger partial charge is 0.319 e. The fourth-order valence-corrected chi connectivity index (χ4v) is 5.69. The molecule has 0 aliphatic heterocycles. The molecule has 7 nitrogen and oxygen atoms in total. The molecule has 9 heteroatoms. The number of rotatable bonds is 11. The van der Waals surface area contributed by atoms with E-state index in [-0.39, 0.29) is 16.9 Å². The van der Waals surface area contributed by atoms with Crippen molar-refractivity contribution in [2.45, 2.75) is 75.7 Å². The van der Waals surface area contributed by atoms with Gasteiger partial charge in [0.1, 0.15) is 5.25 Å². The van der Waals surface area contributed by atoms with Gasteiger partial charge in [0.25, 0.3) is 0 Å². The SMILES string of the molecule is CCCCOC(=O)[C@@H](C)Sc1nc2cc(S(=O)(=O)N(CC)CC)ccc2n1C(C)C. The number of fused-ring (bicyclic) bond motifs is 1. The van der Waals surface area contributed by atoms with Crippen molar-refractivity contribution in [3.05, 3.63) is 18.2 Å². The van der Waals surface area contributed by atoms with E-state index in [4.69, 9.17) is 4.74 Å². The van der Waals surface area contributed by atoms with Crippen molar-refractivity contribution < 1.29 is 17.9 Å². The van der Waals surface area contributed by atoms with Crippen LogP contribution in [0.5, 0.6) is 0 Å². The third-order valence-corrected chi connectivity index (χ3v) is 7.94. The van der Waals surface area contributed by atoms with E-state index in [0.29, 0.717) is 30.4 Å². The number of esters is 1. The van der Waals surface area contributed by atoms with Crippen LogP contribution in [-0.4, -0.2) is 53.2 Å². The highest BCUT2D eigenvalue weighted by Gasteiger charge is 2.25. The molecule has 1 heterocycles. The molecule has 0 fully saturated rings. The first-order chi connectivity index (χ1) is 14.2. The highest BCUT2D eigenvalue weighted by molar-refractivity contribution is 8.00. The molecule has 0 saturated carbocycles. The monoisotopic (exact) mass is 455 g/mol. The van der Waals surface area contributed by atoms with E-state index in [1.807, 2.05) is 39.2 Å². The zero-order valence-electron chi connectivity index (χ0n) is 18.7. The minimum Gasteiger partial charge on any atom is -0.465 e. The van der Waals surface area contributed by atoms with Gasteiger partial charge in [-0.25, -0.2) is 13.4 Å². The molecule has 1 aromatic carbocycles. The van der Waals surface area contributed by atoms with Crippen molar-refractivity contribution in [1.82, 2.24) is 13.9 Å². The van der Waals surface area contributed by atoms with Crippen LogP contribution in [0.25, 0.3) is 11.0 Å². The van der Waals surface area contributed by atoms with Gasteiger partial charge in [-0.3, -0.25) is 4.79 Å². The van der Waals surface area contributed by atoms with E-state index in [9.17, 15) is 13.2 Å². The van der Waals surface area contributed by atoms with Crippen LogP contribution >= 0.6 is 11.8 Å². The number of unbranched alkanes of at least 4 members (excludes halogenated alkanes) is 1. The molecule has 168 valence electrons. The second-order valence-electron chi connectivity index (χ2n) is 7.38. The van der Waals surface area contributed by atoms with E-state index in [0.717, 1.165) is 18.4 Å². The van der Waals surface area contributed by atoms with Crippen LogP contribution in [0.3, 0.4) is 0 Å². The fourth-order valence-electron chi connectivity index (χ4n) is 3.15. The third-order valence-electron chi connectivity index (χ3n) is 4.84. The molecule has 0 aliphatic rings. The summed E-state index contributed by atoms with van der Waals surface area (Å²) in [6.07, 6.45) is 1.81. The average molecular weight is 456 g/mol. The van der Waals surface area contributed by atoms with E-state index in [2.05, 4.69) is 4.98 Å². The van der Waals surface area contributed by atoms with Crippen LogP contribution in [0.15, 0.2) is 28.3 Å². The van der Waals surface area contributed by atoms with Gasteiger partial charge in [-0.2, -0.15) is 4.31 Å². The zero-order chi connectivity index (χ0) is 22.5. The Labute approximate surface area is 184 Å². The highest BCUT2D eigenvalue weighted by Crippen LogP contribution is 2.32. The number of hydrogen-bond donors (Lipinski definition) is 0. The molecule has 1 aromatic heterocycles. The number of hydrogen-bond acceptors (Lipinski definition) is 6. The lowest BCUT2D eigenvalue weighted by Gasteiger charge is -2.18. The third kappa shape index (κ3) is 5.36. The Morgan fingerprint density at radius 3 is 2.43 bits per heavy atom. The summed E-state index contributed by atoms with van der Waals surface area (Å²) in [6.45, 7) is 12.8. The number of nitrogens with zero attached hydrogens (tertiary/aromatic N) is 3. The molecule has 0 saturated heterocycles. The second kappa shape index (κ2) is 10.6. The molecule has 30 heavy (non-hydrogen) atoms. The van der Waals surface area contributed by atoms with Crippen LogP contribution in [0.1, 0.15) is 60.4 Å². The summed E-state index contributed by atoms with van der Waals surface area (Å²) < 4.78 is 34.5. The van der Waals surface area contributed by atoms with Crippen LogP contribution in [-0.2, 0) is 19.6 Å². The lowest BCUT2D eigenvalue weighted by atomic mass is 10.3. The van der Waals surface area contributed by atoms with Crippen LogP contribution in [0.4, 0.5) is 0 Å². The number of sulfonamides is 1. The maximum absolute atomic E-state index is 12.9. The van der Waals surface area contributed by atoms with Gasteiger partial charge in [0.05, 0.1) is 22.5 Å². The lowest BCUT2D eigenvalue weighted by molar-refractivity contribution is -0.142. The molecule has 2 aromatic rings. The summed E-state index contributed by atoms with van der Waals surface area (Å²) in [4.78, 5) is 17.2. The topological polar surface area (TPSA) is 81.5 Å². The van der Waals surface area contributed by atoms with Crippen molar-refractivity contribution in [3.63, 3.8) is 0 Å². The summed E-state index contributed by atoms with van der Waals surface area (Å²) in [5.74, 6) is -0.263. The Hall–Kier alpha value is -1.58. The highest BCUT2D eigenvalue weighted by atomic mass is 32.2. The van der Waals surface area contributed by atoms with Crippen LogP contribution in [0, 0.1) is 0 Å². The molecule has 0 aliphatic carbocycles. The first-order valence-corrected chi connectivity index (χ1v) is 12.8. The summed E-state index contributed by atoms with van der Waals surface area (Å²) in [6, 6.07) is 5.16. The van der Waals surface area contributed by atoms with Crippen LogP contribution in [0.2, 0.25) is 0 Å². The number of imidazole rings is 1. The lowest BCUT2D eigenvalue weighted by Crippen LogP contribution is -2.30. The molecule has 1 atom stereocenters. The van der Waals surface area contributed by atoms with E-state index >= 15 is 0 Å². The van der Waals surface area contributed by atoms with Gasteiger partial charge in [0, 0.05) is 19.1 Å². The maximum atomic E-state index is 12.9. The number of thioether (sulfide) groups is 1. The predicted molar refractivity (Wildman–Crippen MR) is 121 cm³/mol. The fraction of sp³-hybridized carbons (Fsp3) is 0.619. The molecular formula is C21H33N3O4S2. The van der Waals surface area contributed by atoms with Gasteiger partial charge in [-0.1, -0.05) is 39.0 Å². The molecule has 2 rings (SSSR count). The molecule has 0 spiro atoms. The average Bonchev–Trinajstić information content (AvgIpc) is 3.05. The molecular weight excluding hydrogens is 422 g/mol. The van der Waals surface area contributed by atoms with Crippen molar-refractivity contribution in [2.24, 2.45) is 0 Å². The molecule has 0 unspecified atom stereocenters. The maximum Gasteiger partial charge on any atom is 0.319 e. The number of carbonyl (C=O) groups excluding carboxylic acids is 1. The Morgan fingerprint density at radius 1 is 1.20 bits per heavy atom. The number of aromatic nitrogens is 2. The van der Waals surface area contributed by atoms with Crippen molar-refractivity contribution in [1.29, 1.82) is 0 Å². The van der Waals surface area contributed by atoms with Gasteiger partial charge in [-0.05, 0) is 45.4 Å². The zero-order valence-corrected chi connectivity index (χ0v) is 20.3. The first kappa shape index (κ1) is 24.7. The quantitative estimate of drug-likeness (QED) is 0.282. The van der Waals surface area contributed by atoms with Crippen molar-refractivity contribution >= 4 is 38.8 Å². The Balaban J connectivity index is 2.39. The standard InChI is InChI=1S/C21H33N3O4S2/c1-7-10-13-28-20(25)16(6)29-21-22-18-14-17(30(26,27)23(8-2)9-3)11-12-19(18)24(21)15(4)5/h11-12,14-16H,7-10,13H2,1-6H3/t16-/m1/s1. The van der Waals surface area contributed by atoms with Crippen molar-refractivity contribution in [2.75, 3.05) is 19.7 Å². The summed E-state index contributed by atoms with van der Waals surface area (Å²) in [5.41, 5.74) is 1.45. The summed E-state index contributed by atoms with van der Waals surface area (Å²) in [7, 11) is -3.56. The van der Waals surface area contributed by atoms with Gasteiger partial charge in [0.15, 0.2) is 5.16 Å². The minimum absolute atomic E-state index is 0.103. The Kier molecular flexibility index (Phi) is 8.75. The normalized spacial score (nSPS) is 13.3. The van der Waals surface area contributed by atoms with Gasteiger partial charge >= 0.3 is 5.97 Å². The number of ether oxygens (including phenoxy) is 1. The second-order valence-corrected chi connectivity index (χ2v) is 10.6. The number of carbonyl (C=O) groups is 1. The van der Waals surface area contributed by atoms with E-state index < -0.39 is 15.3 Å². The number of benzene rings is 1. The predicted octanol–water partition coefficient (Wildman–Crippen LogP) is 4.47. The Morgan fingerprint density at radius 2 is 1.87 bits per heavy atom. The van der Waals surface area contributed by atoms with Crippen LogP contribution < -0.4 is 0 Å². The Bertz CT molecular complexity index is 966. The first-order valence-electron chi connectivity index (χ1n) is 10.5. The van der Waals surface area contributed by atoms with E-state index in [1.165, 1.54) is 16.1 Å². The molecule has 0 N–H and O–H groups in total. The van der Waals surface area contributed by atoms with E-state index in [1.54, 1.807) is 25.1 Å². The van der Waals surface area contributed by atoms with Crippen molar-refractivity contribution in [3.8, 4) is 0 Å². The molecule has 0 radical (unpaired) electrons. The summed E-state index contributed by atoms with van der Waals surface area (Å²) >= 11 is 1.34. The summed E-state index contributed by atoms with van der Waals surface area (Å²) in [5, 5.41) is 0.271. The van der Waals surface area contributed by atoms with Gasteiger partial charge in [-0.15, -0.1) is 0 Å². The minimum atomic E-state index is -3.56.